The Hall–Kier alpha value is -0.380. The van der Waals surface area contributed by atoms with E-state index in [-0.39, 0.29) is 0 Å². The molecule has 1 heterocycles. The van der Waals surface area contributed by atoms with Crippen LogP contribution in [0.5, 0.6) is 0 Å². The Morgan fingerprint density at radius 3 is 2.59 bits per heavy atom. The van der Waals surface area contributed by atoms with Gasteiger partial charge in [-0.1, -0.05) is 68.7 Å². The Morgan fingerprint density at radius 1 is 1.23 bits per heavy atom. The lowest BCUT2D eigenvalue weighted by Gasteiger charge is -2.28. The summed E-state index contributed by atoms with van der Waals surface area (Å²) in [5, 5.41) is 2.17. The van der Waals surface area contributed by atoms with Gasteiger partial charge >= 0.3 is 0 Å². The molecule has 0 saturated carbocycles. The van der Waals surface area contributed by atoms with Crippen molar-refractivity contribution < 1.29 is 0 Å². The average Bonchev–Trinajstić information content (AvgIpc) is 2.76. The number of hydrogen-bond acceptors (Lipinski definition) is 2. The van der Waals surface area contributed by atoms with Crippen LogP contribution in [-0.2, 0) is 0 Å². The van der Waals surface area contributed by atoms with Gasteiger partial charge in [0.2, 0.25) is 0 Å². The molecule has 1 aromatic rings. The number of nitrogens with zero attached hydrogens (tertiary/aromatic N) is 2. The first kappa shape index (κ1) is 18.0. The summed E-state index contributed by atoms with van der Waals surface area (Å²) < 4.78 is 0. The van der Waals surface area contributed by atoms with E-state index in [2.05, 4.69) is 32.6 Å². The number of rotatable bonds is 5. The van der Waals surface area contributed by atoms with E-state index < -0.39 is 0 Å². The summed E-state index contributed by atoms with van der Waals surface area (Å²) in [6.07, 6.45) is 1.20. The zero-order valence-corrected chi connectivity index (χ0v) is 16.0. The van der Waals surface area contributed by atoms with Crippen LogP contribution in [0.4, 0.5) is 5.69 Å². The van der Waals surface area contributed by atoms with Gasteiger partial charge in [0.05, 0.1) is 15.7 Å². The van der Waals surface area contributed by atoms with Crippen molar-refractivity contribution in [3.63, 3.8) is 0 Å². The predicted molar refractivity (Wildman–Crippen MR) is 101 cm³/mol. The first-order chi connectivity index (χ1) is 10.4. The second-order valence-electron chi connectivity index (χ2n) is 6.61. The standard InChI is InChI=1S/C17H24Cl2N2S/c1-11(2)8-13-10-22-17(21(13)9-12(3)4)20-15-7-5-6-14(18)16(15)19/h5-7,11-13H,8-10H2,1-4H3/t13-/m0/s1. The van der Waals surface area contributed by atoms with E-state index in [1.54, 1.807) is 6.07 Å². The molecule has 0 aromatic heterocycles. The highest BCUT2D eigenvalue weighted by atomic mass is 35.5. The second kappa shape index (κ2) is 7.94. The zero-order valence-electron chi connectivity index (χ0n) is 13.6. The fraction of sp³-hybridized carbons (Fsp3) is 0.588. The van der Waals surface area contributed by atoms with E-state index in [1.165, 1.54) is 6.42 Å². The minimum absolute atomic E-state index is 0.536. The van der Waals surface area contributed by atoms with Crippen LogP contribution in [0, 0.1) is 11.8 Å². The van der Waals surface area contributed by atoms with E-state index in [9.17, 15) is 0 Å². The Bertz CT molecular complexity index is 543. The molecule has 0 amide bonds. The van der Waals surface area contributed by atoms with Gasteiger partial charge in [0.25, 0.3) is 0 Å². The highest BCUT2D eigenvalue weighted by Crippen LogP contribution is 2.36. The quantitative estimate of drug-likeness (QED) is 0.631. The average molecular weight is 359 g/mol. The number of aliphatic imine (C=N–C) groups is 1. The van der Waals surface area contributed by atoms with E-state index in [0.717, 1.165) is 23.2 Å². The Labute approximate surface area is 148 Å². The number of thioether (sulfide) groups is 1. The molecule has 1 saturated heterocycles. The number of hydrogen-bond donors (Lipinski definition) is 0. The van der Waals surface area contributed by atoms with Gasteiger partial charge in [-0.3, -0.25) is 0 Å². The van der Waals surface area contributed by atoms with Gasteiger partial charge in [-0.25, -0.2) is 4.99 Å². The summed E-state index contributed by atoms with van der Waals surface area (Å²) >= 11 is 14.2. The lowest BCUT2D eigenvalue weighted by Crippen LogP contribution is -2.37. The van der Waals surface area contributed by atoms with Crippen molar-refractivity contribution in [2.45, 2.75) is 40.2 Å². The van der Waals surface area contributed by atoms with Gasteiger partial charge in [0, 0.05) is 18.3 Å². The maximum absolute atomic E-state index is 6.28. The van der Waals surface area contributed by atoms with Crippen LogP contribution in [0.2, 0.25) is 10.0 Å². The van der Waals surface area contributed by atoms with Gasteiger partial charge < -0.3 is 4.90 Å². The van der Waals surface area contributed by atoms with Crippen LogP contribution in [0.15, 0.2) is 23.2 Å². The van der Waals surface area contributed by atoms with Gasteiger partial charge in [-0.2, -0.15) is 0 Å². The second-order valence-corrected chi connectivity index (χ2v) is 8.38. The smallest absolute Gasteiger partial charge is 0.164 e. The van der Waals surface area contributed by atoms with Crippen molar-refractivity contribution in [3.8, 4) is 0 Å². The molecule has 22 heavy (non-hydrogen) atoms. The van der Waals surface area contributed by atoms with Crippen LogP contribution in [0.25, 0.3) is 0 Å². The highest BCUT2D eigenvalue weighted by molar-refractivity contribution is 8.14. The fourth-order valence-corrected chi connectivity index (χ4v) is 4.19. The molecule has 1 aromatic carbocycles. The molecule has 0 bridgehead atoms. The maximum atomic E-state index is 6.28. The minimum atomic E-state index is 0.536. The Balaban J connectivity index is 2.27. The van der Waals surface area contributed by atoms with Crippen molar-refractivity contribution in [2.24, 2.45) is 16.8 Å². The van der Waals surface area contributed by atoms with Crippen LogP contribution >= 0.6 is 35.0 Å². The van der Waals surface area contributed by atoms with E-state index in [0.29, 0.717) is 27.9 Å². The number of benzene rings is 1. The molecule has 0 aliphatic carbocycles. The lowest BCUT2D eigenvalue weighted by atomic mass is 10.0. The van der Waals surface area contributed by atoms with Crippen LogP contribution in [0.1, 0.15) is 34.1 Å². The summed E-state index contributed by atoms with van der Waals surface area (Å²) in [7, 11) is 0. The topological polar surface area (TPSA) is 15.6 Å². The highest BCUT2D eigenvalue weighted by Gasteiger charge is 2.31. The lowest BCUT2D eigenvalue weighted by molar-refractivity contribution is 0.279. The first-order valence-corrected chi connectivity index (χ1v) is 9.54. The van der Waals surface area contributed by atoms with Gasteiger partial charge in [-0.05, 0) is 30.4 Å². The Morgan fingerprint density at radius 2 is 1.95 bits per heavy atom. The zero-order chi connectivity index (χ0) is 16.3. The van der Waals surface area contributed by atoms with Gasteiger partial charge in [0.1, 0.15) is 0 Å². The summed E-state index contributed by atoms with van der Waals surface area (Å²) in [5.74, 6) is 2.39. The SMILES string of the molecule is CC(C)C[C@H]1CSC(=Nc2cccc(Cl)c2Cl)N1CC(C)C. The molecule has 2 nitrogen and oxygen atoms in total. The molecule has 1 atom stereocenters. The molecule has 1 aliphatic heterocycles. The summed E-state index contributed by atoms with van der Waals surface area (Å²) in [6.45, 7) is 10.1. The van der Waals surface area contributed by atoms with Gasteiger partial charge in [-0.15, -0.1) is 0 Å². The molecule has 122 valence electrons. The third-order valence-corrected chi connectivity index (χ3v) is 5.49. The molecule has 1 aliphatic rings. The first-order valence-electron chi connectivity index (χ1n) is 7.80. The predicted octanol–water partition coefficient (Wildman–Crippen LogP) is 6.10. The largest absolute Gasteiger partial charge is 0.347 e. The van der Waals surface area contributed by atoms with Crippen LogP contribution < -0.4 is 0 Å². The van der Waals surface area contributed by atoms with Crippen molar-refractivity contribution in [1.82, 2.24) is 4.90 Å². The molecule has 0 spiro atoms. The van der Waals surface area contributed by atoms with Crippen molar-refractivity contribution >= 4 is 45.8 Å². The maximum Gasteiger partial charge on any atom is 0.164 e. The monoisotopic (exact) mass is 358 g/mol. The minimum Gasteiger partial charge on any atom is -0.347 e. The molecule has 0 N–H and O–H groups in total. The fourth-order valence-electron chi connectivity index (χ4n) is 2.64. The van der Waals surface area contributed by atoms with E-state index >= 15 is 0 Å². The third-order valence-electron chi connectivity index (χ3n) is 3.54. The summed E-state index contributed by atoms with van der Waals surface area (Å²) in [6, 6.07) is 6.17. The van der Waals surface area contributed by atoms with Crippen molar-refractivity contribution in [1.29, 1.82) is 0 Å². The van der Waals surface area contributed by atoms with Crippen LogP contribution in [-0.4, -0.2) is 28.4 Å². The molecule has 2 rings (SSSR count). The molecular weight excluding hydrogens is 335 g/mol. The van der Waals surface area contributed by atoms with Crippen molar-refractivity contribution in [2.75, 3.05) is 12.3 Å². The normalized spacial score (nSPS) is 20.6. The van der Waals surface area contributed by atoms with Crippen molar-refractivity contribution in [3.05, 3.63) is 28.2 Å². The van der Waals surface area contributed by atoms with Gasteiger partial charge in [0.15, 0.2) is 5.17 Å². The van der Waals surface area contributed by atoms with E-state index in [1.807, 2.05) is 23.9 Å². The van der Waals surface area contributed by atoms with E-state index in [4.69, 9.17) is 28.2 Å². The Kier molecular flexibility index (Phi) is 6.48. The summed E-state index contributed by atoms with van der Waals surface area (Å²) in [4.78, 5) is 7.25. The number of amidine groups is 1. The third kappa shape index (κ3) is 4.56. The molecule has 1 fully saturated rings. The molecule has 5 heteroatoms. The number of halogens is 2. The summed E-state index contributed by atoms with van der Waals surface area (Å²) in [5.41, 5.74) is 0.760. The van der Waals surface area contributed by atoms with Crippen LogP contribution in [0.3, 0.4) is 0 Å². The molecule has 0 unspecified atom stereocenters. The molecule has 0 radical (unpaired) electrons. The molecular formula is C17H24Cl2N2S.